The summed E-state index contributed by atoms with van der Waals surface area (Å²) in [4.78, 5) is 24.1. The monoisotopic (exact) mass is 361 g/mol. The highest BCUT2D eigenvalue weighted by Gasteiger charge is 2.09. The lowest BCUT2D eigenvalue weighted by Crippen LogP contribution is -2.26. The molecule has 0 unspecified atom stereocenters. The van der Waals surface area contributed by atoms with E-state index in [2.05, 4.69) is 25.4 Å². The van der Waals surface area contributed by atoms with Crippen LogP contribution in [0.4, 0.5) is 0 Å². The van der Waals surface area contributed by atoms with Gasteiger partial charge in [-0.2, -0.15) is 4.98 Å². The molecule has 2 heterocycles. The number of hydrogen-bond acceptors (Lipinski definition) is 5. The summed E-state index contributed by atoms with van der Waals surface area (Å²) in [5.41, 5.74) is 2.78. The number of hydrogen-bond donors (Lipinski definition) is 2. The normalized spacial score (nSPS) is 11.0. The minimum absolute atomic E-state index is 0.0257. The van der Waals surface area contributed by atoms with Gasteiger partial charge in [-0.25, -0.2) is 4.98 Å². The highest BCUT2D eigenvalue weighted by Crippen LogP contribution is 2.16. The number of para-hydroxylation sites is 2. The summed E-state index contributed by atoms with van der Waals surface area (Å²) in [7, 11) is 0. The van der Waals surface area contributed by atoms with Gasteiger partial charge in [0.25, 0.3) is 5.89 Å². The predicted molar refractivity (Wildman–Crippen MR) is 101 cm³/mol. The summed E-state index contributed by atoms with van der Waals surface area (Å²) in [6.45, 7) is 0.465. The average Bonchev–Trinajstić information content (AvgIpc) is 3.34. The number of H-pyrrole nitrogens is 1. The molecule has 2 aromatic heterocycles. The third-order valence-corrected chi connectivity index (χ3v) is 4.19. The van der Waals surface area contributed by atoms with E-state index in [1.807, 2.05) is 54.6 Å². The molecule has 0 aliphatic rings. The molecule has 0 bridgehead atoms. The molecule has 1 amide bonds. The number of benzene rings is 2. The Hall–Kier alpha value is -3.48. The largest absolute Gasteiger partial charge is 0.356 e. The van der Waals surface area contributed by atoms with Gasteiger partial charge in [0.1, 0.15) is 5.82 Å². The van der Waals surface area contributed by atoms with Gasteiger partial charge in [-0.05, 0) is 24.3 Å². The first-order valence-corrected chi connectivity index (χ1v) is 8.86. The highest BCUT2D eigenvalue weighted by atomic mass is 16.5. The van der Waals surface area contributed by atoms with Crippen LogP contribution in [0.5, 0.6) is 0 Å². The summed E-state index contributed by atoms with van der Waals surface area (Å²) in [5.74, 6) is 1.85. The number of nitrogens with one attached hydrogen (secondary N) is 2. The zero-order valence-electron chi connectivity index (χ0n) is 14.7. The third kappa shape index (κ3) is 4.20. The van der Waals surface area contributed by atoms with Crippen LogP contribution in [0.2, 0.25) is 0 Å². The first-order valence-electron chi connectivity index (χ1n) is 8.86. The molecule has 27 heavy (non-hydrogen) atoms. The number of fused-ring (bicyclic) bond motifs is 1. The Morgan fingerprint density at radius 3 is 2.67 bits per heavy atom. The molecule has 0 saturated heterocycles. The van der Waals surface area contributed by atoms with Gasteiger partial charge in [-0.1, -0.05) is 35.5 Å². The molecule has 0 fully saturated rings. The lowest BCUT2D eigenvalue weighted by molar-refractivity contribution is -0.121. The van der Waals surface area contributed by atoms with Crippen LogP contribution in [0, 0.1) is 0 Å². The molecule has 7 heteroatoms. The molecule has 2 N–H and O–H groups in total. The molecule has 136 valence electrons. The second-order valence-electron chi connectivity index (χ2n) is 6.18. The summed E-state index contributed by atoms with van der Waals surface area (Å²) >= 11 is 0. The van der Waals surface area contributed by atoms with E-state index < -0.39 is 0 Å². The number of amides is 1. The minimum atomic E-state index is -0.0257. The zero-order chi connectivity index (χ0) is 18.5. The first-order chi connectivity index (χ1) is 13.3. The van der Waals surface area contributed by atoms with Gasteiger partial charge in [0.05, 0.1) is 11.0 Å². The van der Waals surface area contributed by atoms with E-state index in [1.165, 1.54) is 0 Å². The van der Waals surface area contributed by atoms with Crippen LogP contribution in [0.15, 0.2) is 59.1 Å². The van der Waals surface area contributed by atoms with Gasteiger partial charge in [-0.3, -0.25) is 4.79 Å². The third-order valence-electron chi connectivity index (χ3n) is 4.19. The van der Waals surface area contributed by atoms with Crippen LogP contribution < -0.4 is 5.32 Å². The Labute approximate surface area is 155 Å². The van der Waals surface area contributed by atoms with Crippen molar-refractivity contribution in [2.45, 2.75) is 19.3 Å². The Morgan fingerprint density at radius 2 is 1.81 bits per heavy atom. The van der Waals surface area contributed by atoms with Crippen molar-refractivity contribution in [3.05, 3.63) is 66.2 Å². The smallest absolute Gasteiger partial charge is 0.257 e. The quantitative estimate of drug-likeness (QED) is 0.527. The number of aromatic nitrogens is 4. The first kappa shape index (κ1) is 17.0. The molecule has 0 aliphatic heterocycles. The van der Waals surface area contributed by atoms with Crippen LogP contribution in [0.3, 0.4) is 0 Å². The molecular weight excluding hydrogens is 342 g/mol. The number of aromatic amines is 1. The topological polar surface area (TPSA) is 96.7 Å². The van der Waals surface area contributed by atoms with Crippen LogP contribution in [-0.4, -0.2) is 32.6 Å². The fraction of sp³-hybridized carbons (Fsp3) is 0.200. The van der Waals surface area contributed by atoms with Crippen molar-refractivity contribution in [2.75, 3.05) is 6.54 Å². The average molecular weight is 361 g/mol. The maximum Gasteiger partial charge on any atom is 0.257 e. The SMILES string of the molecule is O=C(CCc1nc2ccccc2[nH]1)NCCc1noc(-c2ccccc2)n1. The van der Waals surface area contributed by atoms with Crippen molar-refractivity contribution in [1.82, 2.24) is 25.4 Å². The molecular formula is C20H19N5O2. The molecule has 7 nitrogen and oxygen atoms in total. The second kappa shape index (κ2) is 7.82. The van der Waals surface area contributed by atoms with Gasteiger partial charge in [0.2, 0.25) is 5.91 Å². The maximum absolute atomic E-state index is 12.0. The van der Waals surface area contributed by atoms with Crippen molar-refractivity contribution >= 4 is 16.9 Å². The molecule has 2 aromatic carbocycles. The van der Waals surface area contributed by atoms with E-state index in [9.17, 15) is 4.79 Å². The van der Waals surface area contributed by atoms with Crippen LogP contribution in [0.1, 0.15) is 18.1 Å². The molecule has 0 saturated carbocycles. The second-order valence-corrected chi connectivity index (χ2v) is 6.18. The van der Waals surface area contributed by atoms with Crippen LogP contribution >= 0.6 is 0 Å². The molecule has 0 radical (unpaired) electrons. The van der Waals surface area contributed by atoms with Gasteiger partial charge < -0.3 is 14.8 Å². The number of nitrogens with zero attached hydrogens (tertiary/aromatic N) is 3. The Kier molecular flexibility index (Phi) is 4.91. The lowest BCUT2D eigenvalue weighted by atomic mass is 10.2. The van der Waals surface area contributed by atoms with Gasteiger partial charge in [-0.15, -0.1) is 0 Å². The fourth-order valence-corrected chi connectivity index (χ4v) is 2.81. The van der Waals surface area contributed by atoms with Crippen molar-refractivity contribution in [1.29, 1.82) is 0 Å². The molecule has 0 aliphatic carbocycles. The summed E-state index contributed by atoms with van der Waals surface area (Å²) < 4.78 is 5.26. The number of imidazole rings is 1. The molecule has 4 rings (SSSR count). The predicted octanol–water partition coefficient (Wildman–Crippen LogP) is 2.90. The van der Waals surface area contributed by atoms with Crippen molar-refractivity contribution in [3.63, 3.8) is 0 Å². The number of aryl methyl sites for hydroxylation is 1. The summed E-state index contributed by atoms with van der Waals surface area (Å²) in [6, 6.07) is 17.4. The molecule has 0 atom stereocenters. The van der Waals surface area contributed by atoms with E-state index in [0.29, 0.717) is 37.5 Å². The van der Waals surface area contributed by atoms with E-state index in [4.69, 9.17) is 4.52 Å². The van der Waals surface area contributed by atoms with Crippen molar-refractivity contribution < 1.29 is 9.32 Å². The maximum atomic E-state index is 12.0. The zero-order valence-corrected chi connectivity index (χ0v) is 14.7. The highest BCUT2D eigenvalue weighted by molar-refractivity contribution is 5.77. The van der Waals surface area contributed by atoms with Gasteiger partial charge in [0.15, 0.2) is 5.82 Å². The van der Waals surface area contributed by atoms with Crippen LogP contribution in [0.25, 0.3) is 22.5 Å². The number of carbonyl (C=O) groups is 1. The molecule has 4 aromatic rings. The minimum Gasteiger partial charge on any atom is -0.356 e. The Morgan fingerprint density at radius 1 is 1.00 bits per heavy atom. The van der Waals surface area contributed by atoms with Gasteiger partial charge in [0, 0.05) is 31.4 Å². The van der Waals surface area contributed by atoms with Gasteiger partial charge >= 0.3 is 0 Å². The summed E-state index contributed by atoms with van der Waals surface area (Å²) in [5, 5.41) is 6.84. The van der Waals surface area contributed by atoms with E-state index in [-0.39, 0.29) is 5.91 Å². The fourth-order valence-electron chi connectivity index (χ4n) is 2.81. The van der Waals surface area contributed by atoms with E-state index in [0.717, 1.165) is 22.4 Å². The van der Waals surface area contributed by atoms with Crippen molar-refractivity contribution in [3.8, 4) is 11.5 Å². The summed E-state index contributed by atoms with van der Waals surface area (Å²) in [6.07, 6.45) is 1.47. The Bertz CT molecular complexity index is 1010. The number of carbonyl (C=O) groups excluding carboxylic acids is 1. The van der Waals surface area contributed by atoms with E-state index >= 15 is 0 Å². The molecule has 0 spiro atoms. The van der Waals surface area contributed by atoms with Crippen molar-refractivity contribution in [2.24, 2.45) is 0 Å². The number of rotatable bonds is 7. The van der Waals surface area contributed by atoms with E-state index in [1.54, 1.807) is 0 Å². The lowest BCUT2D eigenvalue weighted by Gasteiger charge is -2.02. The van der Waals surface area contributed by atoms with Crippen LogP contribution in [-0.2, 0) is 17.6 Å². The Balaban J connectivity index is 1.23. The standard InChI is InChI=1S/C20H19N5O2/c26-19(11-10-17-22-15-8-4-5-9-16(15)23-17)21-13-12-18-24-20(27-25-18)14-6-2-1-3-7-14/h1-9H,10-13H2,(H,21,26)(H,22,23).